The predicted molar refractivity (Wildman–Crippen MR) is 135 cm³/mol. The third-order valence-corrected chi connectivity index (χ3v) is 6.92. The van der Waals surface area contributed by atoms with Crippen molar-refractivity contribution in [2.75, 3.05) is 11.5 Å². The van der Waals surface area contributed by atoms with E-state index in [1.807, 2.05) is 30.3 Å². The molecule has 5 aromatic rings. The minimum Gasteiger partial charge on any atom is -0.383 e. The minimum atomic E-state index is -0.974. The number of rotatable bonds is 6. The van der Waals surface area contributed by atoms with Crippen LogP contribution in [-0.2, 0) is 20.0 Å². The number of nitrogen functional groups attached to an aromatic ring is 2. The highest BCUT2D eigenvalue weighted by Gasteiger charge is 2.22. The van der Waals surface area contributed by atoms with Gasteiger partial charge in [-0.05, 0) is 47.5 Å². The molecule has 36 heavy (non-hydrogen) atoms. The Kier molecular flexibility index (Phi) is 6.06. The standard InChI is InChI=1S/C25H21F2N7OS/c1-34-24(29)22(25(35)30-11-13-2-5-17(26)18(27)8-13)20(33-34)10-15-4-7-21(36-15)14-3-6-19-16(9-14)23(28)32-12-31-19/h2-9,12H,10-11,29H2,1H3,(H,30,35)(H2,28,31,32). The fourth-order valence-electron chi connectivity index (χ4n) is 3.91. The molecule has 0 saturated carbocycles. The van der Waals surface area contributed by atoms with Gasteiger partial charge in [-0.1, -0.05) is 12.1 Å². The summed E-state index contributed by atoms with van der Waals surface area (Å²) in [7, 11) is 1.66. The zero-order valence-electron chi connectivity index (χ0n) is 19.1. The van der Waals surface area contributed by atoms with Crippen LogP contribution in [0.2, 0.25) is 0 Å². The van der Waals surface area contributed by atoms with Gasteiger partial charge in [0.05, 0.1) is 11.2 Å². The van der Waals surface area contributed by atoms with Crippen molar-refractivity contribution in [1.29, 1.82) is 0 Å². The van der Waals surface area contributed by atoms with Crippen LogP contribution in [0.1, 0.15) is 26.5 Å². The summed E-state index contributed by atoms with van der Waals surface area (Å²) < 4.78 is 28.1. The van der Waals surface area contributed by atoms with Crippen molar-refractivity contribution in [2.24, 2.45) is 7.05 Å². The first-order chi connectivity index (χ1) is 17.3. The average Bonchev–Trinajstić information content (AvgIpc) is 3.44. The lowest BCUT2D eigenvalue weighted by molar-refractivity contribution is 0.0951. The molecule has 0 bridgehead atoms. The molecule has 5 rings (SSSR count). The lowest BCUT2D eigenvalue weighted by Gasteiger charge is -2.07. The van der Waals surface area contributed by atoms with Crippen LogP contribution in [0.25, 0.3) is 21.3 Å². The lowest BCUT2D eigenvalue weighted by atomic mass is 10.1. The number of aromatic nitrogens is 4. The number of aryl methyl sites for hydroxylation is 1. The molecular formula is C25H21F2N7OS. The molecule has 1 amide bonds. The Morgan fingerprint density at radius 3 is 2.69 bits per heavy atom. The number of nitrogens with zero attached hydrogens (tertiary/aromatic N) is 4. The van der Waals surface area contributed by atoms with Crippen LogP contribution in [0.15, 0.2) is 54.9 Å². The molecule has 0 atom stereocenters. The molecular weight excluding hydrogens is 484 g/mol. The number of nitrogens with one attached hydrogen (secondary N) is 1. The van der Waals surface area contributed by atoms with Crippen molar-refractivity contribution >= 4 is 39.8 Å². The van der Waals surface area contributed by atoms with Crippen LogP contribution in [0, 0.1) is 11.6 Å². The number of benzene rings is 2. The molecule has 11 heteroatoms. The van der Waals surface area contributed by atoms with E-state index in [2.05, 4.69) is 20.4 Å². The van der Waals surface area contributed by atoms with E-state index >= 15 is 0 Å². The van der Waals surface area contributed by atoms with Gasteiger partial charge in [-0.3, -0.25) is 9.48 Å². The molecule has 0 aliphatic carbocycles. The van der Waals surface area contributed by atoms with Crippen molar-refractivity contribution in [3.05, 3.63) is 88.2 Å². The summed E-state index contributed by atoms with van der Waals surface area (Å²) in [6.45, 7) is 0.0156. The second-order valence-electron chi connectivity index (χ2n) is 8.20. The first-order valence-corrected chi connectivity index (χ1v) is 11.7. The fraction of sp³-hybridized carbons (Fsp3) is 0.120. The molecule has 0 fully saturated rings. The fourth-order valence-corrected chi connectivity index (χ4v) is 4.92. The highest BCUT2D eigenvalue weighted by molar-refractivity contribution is 7.15. The van der Waals surface area contributed by atoms with Gasteiger partial charge < -0.3 is 16.8 Å². The Morgan fingerprint density at radius 1 is 1.06 bits per heavy atom. The third kappa shape index (κ3) is 4.48. The van der Waals surface area contributed by atoms with Crippen LogP contribution in [0.4, 0.5) is 20.4 Å². The van der Waals surface area contributed by atoms with E-state index in [-0.39, 0.29) is 17.9 Å². The molecule has 2 aromatic carbocycles. The van der Waals surface area contributed by atoms with E-state index in [9.17, 15) is 13.6 Å². The normalized spacial score (nSPS) is 11.2. The smallest absolute Gasteiger partial charge is 0.257 e. The summed E-state index contributed by atoms with van der Waals surface area (Å²) >= 11 is 1.56. The van der Waals surface area contributed by atoms with E-state index in [1.165, 1.54) is 17.1 Å². The van der Waals surface area contributed by atoms with Crippen molar-refractivity contribution < 1.29 is 13.6 Å². The Bertz CT molecular complexity index is 1610. The number of carbonyl (C=O) groups excluding carboxylic acids is 1. The molecule has 0 spiro atoms. The Balaban J connectivity index is 1.36. The van der Waals surface area contributed by atoms with Gasteiger partial charge in [0.15, 0.2) is 11.6 Å². The number of anilines is 2. The summed E-state index contributed by atoms with van der Waals surface area (Å²) in [6, 6.07) is 13.3. The van der Waals surface area contributed by atoms with E-state index < -0.39 is 17.5 Å². The van der Waals surface area contributed by atoms with E-state index in [4.69, 9.17) is 11.5 Å². The average molecular weight is 506 g/mol. The topological polar surface area (TPSA) is 125 Å². The van der Waals surface area contributed by atoms with E-state index in [0.717, 1.165) is 38.4 Å². The van der Waals surface area contributed by atoms with Crippen LogP contribution in [-0.4, -0.2) is 25.7 Å². The van der Waals surface area contributed by atoms with Gasteiger partial charge >= 0.3 is 0 Å². The second kappa shape index (κ2) is 9.34. The van der Waals surface area contributed by atoms with Gasteiger partial charge in [-0.15, -0.1) is 11.3 Å². The summed E-state index contributed by atoms with van der Waals surface area (Å²) in [5, 5.41) is 7.93. The van der Waals surface area contributed by atoms with Gasteiger partial charge in [-0.2, -0.15) is 5.10 Å². The summed E-state index contributed by atoms with van der Waals surface area (Å²) in [6.07, 6.45) is 1.83. The van der Waals surface area contributed by atoms with Gasteiger partial charge in [0.25, 0.3) is 5.91 Å². The van der Waals surface area contributed by atoms with Crippen molar-refractivity contribution in [2.45, 2.75) is 13.0 Å². The van der Waals surface area contributed by atoms with Crippen LogP contribution < -0.4 is 16.8 Å². The van der Waals surface area contributed by atoms with E-state index in [1.54, 1.807) is 18.4 Å². The number of fused-ring (bicyclic) bond motifs is 1. The third-order valence-electron chi connectivity index (χ3n) is 5.78. The van der Waals surface area contributed by atoms with Crippen LogP contribution >= 0.6 is 11.3 Å². The number of nitrogens with two attached hydrogens (primary N) is 2. The van der Waals surface area contributed by atoms with E-state index in [0.29, 0.717) is 23.5 Å². The molecule has 3 heterocycles. The number of thiophene rings is 1. The van der Waals surface area contributed by atoms with Crippen molar-refractivity contribution in [1.82, 2.24) is 25.1 Å². The number of hydrogen-bond donors (Lipinski definition) is 3. The molecule has 0 aliphatic rings. The van der Waals surface area contributed by atoms with Crippen molar-refractivity contribution in [3.63, 3.8) is 0 Å². The van der Waals surface area contributed by atoms with Gasteiger partial charge in [-0.25, -0.2) is 18.7 Å². The molecule has 0 saturated heterocycles. The zero-order valence-corrected chi connectivity index (χ0v) is 19.9. The Hall–Kier alpha value is -4.38. The maximum absolute atomic E-state index is 13.5. The maximum atomic E-state index is 13.5. The number of amides is 1. The summed E-state index contributed by atoms with van der Waals surface area (Å²) in [5.74, 6) is -1.73. The molecule has 182 valence electrons. The first kappa shape index (κ1) is 23.4. The quantitative estimate of drug-likeness (QED) is 0.320. The Labute approximate surface area is 208 Å². The largest absolute Gasteiger partial charge is 0.383 e. The van der Waals surface area contributed by atoms with Gasteiger partial charge in [0.2, 0.25) is 0 Å². The molecule has 0 radical (unpaired) electrons. The lowest BCUT2D eigenvalue weighted by Crippen LogP contribution is -2.24. The van der Waals surface area contributed by atoms with Crippen LogP contribution in [0.5, 0.6) is 0 Å². The highest BCUT2D eigenvalue weighted by Crippen LogP contribution is 2.32. The molecule has 0 aliphatic heterocycles. The number of hydrogen-bond acceptors (Lipinski definition) is 7. The van der Waals surface area contributed by atoms with Crippen LogP contribution in [0.3, 0.4) is 0 Å². The molecule has 0 unspecified atom stereocenters. The zero-order chi connectivity index (χ0) is 25.4. The highest BCUT2D eigenvalue weighted by atomic mass is 32.1. The Morgan fingerprint density at radius 2 is 1.89 bits per heavy atom. The molecule has 3 aromatic heterocycles. The first-order valence-electron chi connectivity index (χ1n) is 10.9. The van der Waals surface area contributed by atoms with Gasteiger partial charge in [0.1, 0.15) is 23.5 Å². The summed E-state index contributed by atoms with van der Waals surface area (Å²) in [4.78, 5) is 23.3. The minimum absolute atomic E-state index is 0.0156. The monoisotopic (exact) mass is 505 g/mol. The SMILES string of the molecule is Cn1nc(Cc2ccc(-c3ccc4ncnc(N)c4c3)s2)c(C(=O)NCc2ccc(F)c(F)c2)c1N. The van der Waals surface area contributed by atoms with Crippen molar-refractivity contribution in [3.8, 4) is 10.4 Å². The predicted octanol–water partition coefficient (Wildman–Crippen LogP) is 4.06. The number of halogens is 2. The maximum Gasteiger partial charge on any atom is 0.257 e. The number of carbonyl (C=O) groups is 1. The second-order valence-corrected chi connectivity index (χ2v) is 9.36. The summed E-state index contributed by atoms with van der Waals surface area (Å²) in [5.41, 5.74) is 15.1. The van der Waals surface area contributed by atoms with Gasteiger partial charge in [0, 0.05) is 35.2 Å². The molecule has 5 N–H and O–H groups in total. The molecule has 8 nitrogen and oxygen atoms in total.